The monoisotopic (exact) mass is 480 g/mol. The maximum atomic E-state index is 13.6. The fourth-order valence-electron chi connectivity index (χ4n) is 4.19. The van der Waals surface area contributed by atoms with Gasteiger partial charge in [0.05, 0.1) is 19.4 Å². The van der Waals surface area contributed by atoms with Crippen LogP contribution >= 0.6 is 11.3 Å². The Hall–Kier alpha value is -3.46. The van der Waals surface area contributed by atoms with E-state index >= 15 is 0 Å². The summed E-state index contributed by atoms with van der Waals surface area (Å²) >= 11 is 1.51. The van der Waals surface area contributed by atoms with Crippen molar-refractivity contribution in [3.05, 3.63) is 76.6 Å². The molecule has 8 nitrogen and oxygen atoms in total. The SMILES string of the molecule is O=C(NCC(=O)N(Cc1cccs1)[C@@H](C(=O)NC1CCCCC1)c1ccncc1)c1ccco1. The number of hydrogen-bond acceptors (Lipinski definition) is 6. The zero-order chi connectivity index (χ0) is 23.8. The minimum atomic E-state index is -0.847. The molecule has 1 atom stereocenters. The Morgan fingerprint density at radius 1 is 1.09 bits per heavy atom. The van der Waals surface area contributed by atoms with Crippen LogP contribution in [0.1, 0.15) is 59.1 Å². The molecule has 3 amide bonds. The summed E-state index contributed by atoms with van der Waals surface area (Å²) in [5, 5.41) is 7.71. The molecule has 0 unspecified atom stereocenters. The lowest BCUT2D eigenvalue weighted by molar-refractivity contribution is -0.141. The summed E-state index contributed by atoms with van der Waals surface area (Å²) in [7, 11) is 0. The molecule has 4 rings (SSSR count). The lowest BCUT2D eigenvalue weighted by Crippen LogP contribution is -2.49. The van der Waals surface area contributed by atoms with E-state index in [-0.39, 0.29) is 36.7 Å². The van der Waals surface area contributed by atoms with Crippen LogP contribution in [0.3, 0.4) is 0 Å². The van der Waals surface area contributed by atoms with Gasteiger partial charge in [-0.2, -0.15) is 0 Å². The highest BCUT2D eigenvalue weighted by Gasteiger charge is 2.33. The lowest BCUT2D eigenvalue weighted by Gasteiger charge is -2.33. The lowest BCUT2D eigenvalue weighted by atomic mass is 9.94. The van der Waals surface area contributed by atoms with E-state index in [0.29, 0.717) is 5.56 Å². The van der Waals surface area contributed by atoms with Crippen LogP contribution in [0.5, 0.6) is 0 Å². The van der Waals surface area contributed by atoms with Gasteiger partial charge in [0, 0.05) is 23.3 Å². The molecule has 3 aromatic rings. The molecule has 3 aromatic heterocycles. The van der Waals surface area contributed by atoms with Crippen molar-refractivity contribution in [2.75, 3.05) is 6.54 Å². The second-order valence-electron chi connectivity index (χ2n) is 8.29. The molecule has 34 heavy (non-hydrogen) atoms. The highest BCUT2D eigenvalue weighted by atomic mass is 32.1. The number of nitrogens with zero attached hydrogens (tertiary/aromatic N) is 2. The predicted molar refractivity (Wildman–Crippen MR) is 128 cm³/mol. The van der Waals surface area contributed by atoms with Crippen molar-refractivity contribution in [1.82, 2.24) is 20.5 Å². The number of hydrogen-bond donors (Lipinski definition) is 2. The van der Waals surface area contributed by atoms with Gasteiger partial charge in [-0.25, -0.2) is 0 Å². The molecule has 9 heteroatoms. The van der Waals surface area contributed by atoms with Crippen molar-refractivity contribution in [3.63, 3.8) is 0 Å². The first-order valence-corrected chi connectivity index (χ1v) is 12.3. The van der Waals surface area contributed by atoms with Crippen LogP contribution in [0.2, 0.25) is 0 Å². The maximum absolute atomic E-state index is 13.6. The van der Waals surface area contributed by atoms with Crippen molar-refractivity contribution in [2.24, 2.45) is 0 Å². The summed E-state index contributed by atoms with van der Waals surface area (Å²) in [5.41, 5.74) is 0.672. The molecule has 3 heterocycles. The number of aromatic nitrogens is 1. The summed E-state index contributed by atoms with van der Waals surface area (Å²) < 4.78 is 5.11. The van der Waals surface area contributed by atoms with E-state index in [4.69, 9.17) is 4.42 Å². The van der Waals surface area contributed by atoms with Gasteiger partial charge in [0.2, 0.25) is 11.8 Å². The predicted octanol–water partition coefficient (Wildman–Crippen LogP) is 3.68. The largest absolute Gasteiger partial charge is 0.459 e. The van der Waals surface area contributed by atoms with Gasteiger partial charge in [0.25, 0.3) is 5.91 Å². The molecular weight excluding hydrogens is 452 g/mol. The zero-order valence-corrected chi connectivity index (χ0v) is 19.6. The second-order valence-corrected chi connectivity index (χ2v) is 9.32. The molecule has 0 saturated heterocycles. The number of furan rings is 1. The van der Waals surface area contributed by atoms with E-state index in [2.05, 4.69) is 15.6 Å². The Morgan fingerprint density at radius 3 is 2.56 bits per heavy atom. The van der Waals surface area contributed by atoms with Crippen molar-refractivity contribution < 1.29 is 18.8 Å². The van der Waals surface area contributed by atoms with Crippen LogP contribution in [-0.2, 0) is 16.1 Å². The Morgan fingerprint density at radius 2 is 1.88 bits per heavy atom. The quantitative estimate of drug-likeness (QED) is 0.486. The van der Waals surface area contributed by atoms with Gasteiger partial charge in [0.15, 0.2) is 5.76 Å². The smallest absolute Gasteiger partial charge is 0.287 e. The van der Waals surface area contributed by atoms with E-state index < -0.39 is 11.9 Å². The molecule has 1 aliphatic rings. The minimum Gasteiger partial charge on any atom is -0.459 e. The molecule has 1 saturated carbocycles. The first-order chi connectivity index (χ1) is 16.6. The van der Waals surface area contributed by atoms with Gasteiger partial charge < -0.3 is 20.0 Å². The average molecular weight is 481 g/mol. The van der Waals surface area contributed by atoms with Crippen molar-refractivity contribution in [3.8, 4) is 0 Å². The second kappa shape index (κ2) is 11.6. The summed E-state index contributed by atoms with van der Waals surface area (Å²) in [6.45, 7) is -0.0125. The number of pyridine rings is 1. The van der Waals surface area contributed by atoms with Crippen LogP contribution in [0, 0.1) is 0 Å². The molecule has 0 aromatic carbocycles. The number of thiophene rings is 1. The Balaban J connectivity index is 1.58. The summed E-state index contributed by atoms with van der Waals surface area (Å²) in [4.78, 5) is 45.9. The fourth-order valence-corrected chi connectivity index (χ4v) is 4.89. The van der Waals surface area contributed by atoms with Crippen LogP contribution in [0.4, 0.5) is 0 Å². The highest BCUT2D eigenvalue weighted by Crippen LogP contribution is 2.26. The van der Waals surface area contributed by atoms with E-state index in [1.807, 2.05) is 17.5 Å². The minimum absolute atomic E-state index is 0.0999. The number of rotatable bonds is 9. The molecule has 0 spiro atoms. The topological polar surface area (TPSA) is 105 Å². The highest BCUT2D eigenvalue weighted by molar-refractivity contribution is 7.09. The van der Waals surface area contributed by atoms with Crippen LogP contribution in [0.15, 0.2) is 64.9 Å². The maximum Gasteiger partial charge on any atom is 0.287 e. The van der Waals surface area contributed by atoms with E-state index in [1.165, 1.54) is 35.0 Å². The Labute approximate surface area is 202 Å². The summed E-state index contributed by atoms with van der Waals surface area (Å²) in [5.74, 6) is -0.950. The number of amides is 3. The molecular formula is C25H28N4O4S. The van der Waals surface area contributed by atoms with E-state index in [9.17, 15) is 14.4 Å². The average Bonchev–Trinajstić information content (AvgIpc) is 3.58. The molecule has 2 N–H and O–H groups in total. The first kappa shape index (κ1) is 23.7. The van der Waals surface area contributed by atoms with E-state index in [0.717, 1.165) is 30.6 Å². The van der Waals surface area contributed by atoms with Crippen LogP contribution in [-0.4, -0.2) is 40.2 Å². The van der Waals surface area contributed by atoms with Gasteiger partial charge in [-0.3, -0.25) is 19.4 Å². The van der Waals surface area contributed by atoms with Crippen molar-refractivity contribution in [1.29, 1.82) is 0 Å². The molecule has 0 bridgehead atoms. The fraction of sp³-hybridized carbons (Fsp3) is 0.360. The van der Waals surface area contributed by atoms with Gasteiger partial charge >= 0.3 is 0 Å². The number of carbonyl (C=O) groups is 3. The number of carbonyl (C=O) groups excluding carboxylic acids is 3. The molecule has 0 radical (unpaired) electrons. The third-order valence-electron chi connectivity index (χ3n) is 5.91. The van der Waals surface area contributed by atoms with Gasteiger partial charge in [-0.1, -0.05) is 25.3 Å². The zero-order valence-electron chi connectivity index (χ0n) is 18.8. The number of nitrogens with one attached hydrogen (secondary N) is 2. The third-order valence-corrected chi connectivity index (χ3v) is 6.77. The third kappa shape index (κ3) is 6.11. The van der Waals surface area contributed by atoms with Crippen molar-refractivity contribution >= 4 is 29.1 Å². The van der Waals surface area contributed by atoms with E-state index in [1.54, 1.807) is 30.6 Å². The molecule has 178 valence electrons. The molecule has 1 fully saturated rings. The normalized spacial score (nSPS) is 14.8. The van der Waals surface area contributed by atoms with Gasteiger partial charge in [-0.15, -0.1) is 11.3 Å². The standard InChI is InChI=1S/C25H28N4O4S/c30-22(16-27-24(31)21-9-4-14-33-21)29(17-20-8-5-15-34-20)23(18-10-12-26-13-11-18)25(32)28-19-6-2-1-3-7-19/h4-5,8-15,19,23H,1-3,6-7,16-17H2,(H,27,31)(H,28,32)/t23-/m1/s1. The molecule has 0 aliphatic heterocycles. The summed E-state index contributed by atoms with van der Waals surface area (Å²) in [6, 6.07) is 9.72. The van der Waals surface area contributed by atoms with Crippen LogP contribution in [0.25, 0.3) is 0 Å². The van der Waals surface area contributed by atoms with Gasteiger partial charge in [-0.05, 0) is 54.1 Å². The summed E-state index contributed by atoms with van der Waals surface area (Å²) in [6.07, 6.45) is 9.85. The van der Waals surface area contributed by atoms with Gasteiger partial charge in [0.1, 0.15) is 6.04 Å². The van der Waals surface area contributed by atoms with Crippen molar-refractivity contribution in [2.45, 2.75) is 50.7 Å². The molecule has 1 aliphatic carbocycles. The van der Waals surface area contributed by atoms with Crippen LogP contribution < -0.4 is 10.6 Å². The first-order valence-electron chi connectivity index (χ1n) is 11.5. The Kier molecular flexibility index (Phi) is 8.08. The Bertz CT molecular complexity index is 1060.